The van der Waals surface area contributed by atoms with Gasteiger partial charge in [0.25, 0.3) is 0 Å². The lowest BCUT2D eigenvalue weighted by molar-refractivity contribution is -0.123. The number of carboxylic acid groups (broad SMARTS) is 1. The highest BCUT2D eigenvalue weighted by Crippen LogP contribution is 2.11. The van der Waals surface area contributed by atoms with E-state index in [9.17, 15) is 9.59 Å². The molecule has 0 saturated carbocycles. The van der Waals surface area contributed by atoms with Crippen LogP contribution in [0.25, 0.3) is 0 Å². The lowest BCUT2D eigenvalue weighted by Crippen LogP contribution is -2.46. The van der Waals surface area contributed by atoms with E-state index in [1.165, 1.54) is 4.90 Å². The molecule has 0 aromatic heterocycles. The highest BCUT2D eigenvalue weighted by molar-refractivity contribution is 5.82. The van der Waals surface area contributed by atoms with E-state index in [0.717, 1.165) is 19.4 Å². The summed E-state index contributed by atoms with van der Waals surface area (Å²) >= 11 is 0. The molecule has 2 heterocycles. The third-order valence-electron chi connectivity index (χ3n) is 3.18. The summed E-state index contributed by atoms with van der Waals surface area (Å²) in [6.45, 7) is 1.82. The van der Waals surface area contributed by atoms with Crippen molar-refractivity contribution >= 4 is 12.0 Å². The SMILES string of the molecule is O=C(N[C@H]1CCN(C(=O)O)C1)[C@H]1CCCN1. The van der Waals surface area contributed by atoms with Gasteiger partial charge in [-0.1, -0.05) is 0 Å². The summed E-state index contributed by atoms with van der Waals surface area (Å²) in [6, 6.07) is -0.107. The smallest absolute Gasteiger partial charge is 0.407 e. The molecule has 0 spiro atoms. The second-order valence-corrected chi connectivity index (χ2v) is 4.37. The first-order valence-corrected chi connectivity index (χ1v) is 5.68. The molecule has 2 rings (SSSR count). The number of hydrogen-bond donors (Lipinski definition) is 3. The van der Waals surface area contributed by atoms with Crippen molar-refractivity contribution in [1.82, 2.24) is 15.5 Å². The average molecular weight is 227 g/mol. The largest absolute Gasteiger partial charge is 0.465 e. The fourth-order valence-electron chi connectivity index (χ4n) is 2.26. The van der Waals surface area contributed by atoms with Crippen LogP contribution in [-0.2, 0) is 4.79 Å². The molecular formula is C10H17N3O3. The number of amides is 2. The topological polar surface area (TPSA) is 81.7 Å². The lowest BCUT2D eigenvalue weighted by atomic mass is 10.2. The fourth-order valence-corrected chi connectivity index (χ4v) is 2.26. The zero-order chi connectivity index (χ0) is 11.5. The van der Waals surface area contributed by atoms with Crippen LogP contribution in [-0.4, -0.2) is 53.7 Å². The van der Waals surface area contributed by atoms with Crippen molar-refractivity contribution in [1.29, 1.82) is 0 Å². The average Bonchev–Trinajstić information content (AvgIpc) is 2.87. The van der Waals surface area contributed by atoms with E-state index < -0.39 is 6.09 Å². The molecule has 2 aliphatic rings. The normalized spacial score (nSPS) is 29.4. The van der Waals surface area contributed by atoms with Gasteiger partial charge < -0.3 is 20.6 Å². The number of nitrogens with zero attached hydrogens (tertiary/aromatic N) is 1. The number of rotatable bonds is 2. The van der Waals surface area contributed by atoms with Crippen molar-refractivity contribution < 1.29 is 14.7 Å². The monoisotopic (exact) mass is 227 g/mol. The standard InChI is InChI=1S/C10H17N3O3/c14-9(8-2-1-4-11-8)12-7-3-5-13(6-7)10(15)16/h7-8,11H,1-6H2,(H,12,14)(H,15,16)/t7-,8+/m0/s1. The minimum atomic E-state index is -0.907. The maximum atomic E-state index is 11.7. The van der Waals surface area contributed by atoms with Gasteiger partial charge in [-0.3, -0.25) is 4.79 Å². The van der Waals surface area contributed by atoms with E-state index >= 15 is 0 Å². The summed E-state index contributed by atoms with van der Waals surface area (Å²) in [4.78, 5) is 23.8. The van der Waals surface area contributed by atoms with E-state index in [0.29, 0.717) is 19.5 Å². The quantitative estimate of drug-likeness (QED) is 0.600. The Hall–Kier alpha value is -1.30. The Kier molecular flexibility index (Phi) is 3.28. The molecule has 90 valence electrons. The van der Waals surface area contributed by atoms with Crippen LogP contribution in [0.5, 0.6) is 0 Å². The molecule has 2 saturated heterocycles. The summed E-state index contributed by atoms with van der Waals surface area (Å²) < 4.78 is 0. The molecule has 0 aromatic carbocycles. The molecule has 2 aliphatic heterocycles. The third-order valence-corrected chi connectivity index (χ3v) is 3.18. The molecule has 2 atom stereocenters. The van der Waals surface area contributed by atoms with Crippen molar-refractivity contribution in [2.24, 2.45) is 0 Å². The fraction of sp³-hybridized carbons (Fsp3) is 0.800. The molecule has 6 nitrogen and oxygen atoms in total. The van der Waals surface area contributed by atoms with Crippen molar-refractivity contribution in [2.45, 2.75) is 31.3 Å². The van der Waals surface area contributed by atoms with Crippen molar-refractivity contribution in [3.05, 3.63) is 0 Å². The number of carbonyl (C=O) groups excluding carboxylic acids is 1. The van der Waals surface area contributed by atoms with Crippen LogP contribution in [0.3, 0.4) is 0 Å². The third kappa shape index (κ3) is 2.44. The predicted octanol–water partition coefficient (Wildman–Crippen LogP) is -0.393. The maximum Gasteiger partial charge on any atom is 0.407 e. The van der Waals surface area contributed by atoms with E-state index in [2.05, 4.69) is 10.6 Å². The second kappa shape index (κ2) is 4.69. The Morgan fingerprint density at radius 2 is 2.19 bits per heavy atom. The van der Waals surface area contributed by atoms with Crippen LogP contribution < -0.4 is 10.6 Å². The first-order chi connectivity index (χ1) is 7.66. The van der Waals surface area contributed by atoms with Gasteiger partial charge in [0.05, 0.1) is 6.04 Å². The second-order valence-electron chi connectivity index (χ2n) is 4.37. The molecule has 0 bridgehead atoms. The Balaban J connectivity index is 1.78. The van der Waals surface area contributed by atoms with Gasteiger partial charge in [0.2, 0.25) is 5.91 Å². The zero-order valence-electron chi connectivity index (χ0n) is 9.11. The van der Waals surface area contributed by atoms with Crippen molar-refractivity contribution in [2.75, 3.05) is 19.6 Å². The van der Waals surface area contributed by atoms with Crippen LogP contribution in [0, 0.1) is 0 Å². The molecule has 0 aliphatic carbocycles. The predicted molar refractivity (Wildman–Crippen MR) is 57.2 cm³/mol. The van der Waals surface area contributed by atoms with Gasteiger partial charge in [0.15, 0.2) is 0 Å². The Bertz CT molecular complexity index is 289. The van der Waals surface area contributed by atoms with Gasteiger partial charge in [-0.25, -0.2) is 4.79 Å². The summed E-state index contributed by atoms with van der Waals surface area (Å²) in [5.74, 6) is 0.00902. The summed E-state index contributed by atoms with van der Waals surface area (Å²) in [5, 5.41) is 14.8. The van der Waals surface area contributed by atoms with E-state index in [4.69, 9.17) is 5.11 Å². The van der Waals surface area contributed by atoms with Crippen LogP contribution >= 0.6 is 0 Å². The maximum absolute atomic E-state index is 11.7. The van der Waals surface area contributed by atoms with E-state index in [1.54, 1.807) is 0 Å². The molecule has 0 aromatic rings. The van der Waals surface area contributed by atoms with Crippen molar-refractivity contribution in [3.63, 3.8) is 0 Å². The number of hydrogen-bond acceptors (Lipinski definition) is 3. The lowest BCUT2D eigenvalue weighted by Gasteiger charge is -2.16. The van der Waals surface area contributed by atoms with Crippen LogP contribution in [0.15, 0.2) is 0 Å². The minimum Gasteiger partial charge on any atom is -0.465 e. The van der Waals surface area contributed by atoms with Gasteiger partial charge >= 0.3 is 6.09 Å². The van der Waals surface area contributed by atoms with Crippen LogP contribution in [0.4, 0.5) is 4.79 Å². The Morgan fingerprint density at radius 3 is 2.75 bits per heavy atom. The number of nitrogens with one attached hydrogen (secondary N) is 2. The van der Waals surface area contributed by atoms with Gasteiger partial charge in [-0.2, -0.15) is 0 Å². The Morgan fingerprint density at radius 1 is 1.38 bits per heavy atom. The minimum absolute atomic E-state index is 0.00902. The molecule has 3 N–H and O–H groups in total. The molecule has 6 heteroatoms. The first-order valence-electron chi connectivity index (χ1n) is 5.68. The summed E-state index contributed by atoms with van der Waals surface area (Å²) in [6.07, 6.45) is 1.71. The van der Waals surface area contributed by atoms with Gasteiger partial charge in [-0.05, 0) is 25.8 Å². The Labute approximate surface area is 94.0 Å². The number of carbonyl (C=O) groups is 2. The number of likely N-dealkylation sites (tertiary alicyclic amines) is 1. The van der Waals surface area contributed by atoms with Crippen LogP contribution in [0.1, 0.15) is 19.3 Å². The van der Waals surface area contributed by atoms with Crippen LogP contribution in [0.2, 0.25) is 0 Å². The highest BCUT2D eigenvalue weighted by Gasteiger charge is 2.29. The molecule has 0 unspecified atom stereocenters. The summed E-state index contributed by atoms with van der Waals surface area (Å²) in [5.41, 5.74) is 0. The highest BCUT2D eigenvalue weighted by atomic mass is 16.4. The molecule has 2 fully saturated rings. The van der Waals surface area contributed by atoms with Gasteiger partial charge in [-0.15, -0.1) is 0 Å². The molecule has 16 heavy (non-hydrogen) atoms. The first kappa shape index (κ1) is 11.2. The van der Waals surface area contributed by atoms with E-state index in [1.807, 2.05) is 0 Å². The summed E-state index contributed by atoms with van der Waals surface area (Å²) in [7, 11) is 0. The molecule has 2 amide bonds. The van der Waals surface area contributed by atoms with E-state index in [-0.39, 0.29) is 18.0 Å². The zero-order valence-corrected chi connectivity index (χ0v) is 9.11. The molecule has 0 radical (unpaired) electrons. The molecular weight excluding hydrogens is 210 g/mol. The van der Waals surface area contributed by atoms with Gasteiger partial charge in [0.1, 0.15) is 0 Å². The van der Waals surface area contributed by atoms with Gasteiger partial charge in [0, 0.05) is 19.1 Å². The van der Waals surface area contributed by atoms with Crippen molar-refractivity contribution in [3.8, 4) is 0 Å².